The van der Waals surface area contributed by atoms with Gasteiger partial charge in [-0.05, 0) is 69.6 Å². The molecule has 0 aromatic heterocycles. The number of urea groups is 1. The lowest BCUT2D eigenvalue weighted by atomic mass is 9.77. The molecule has 0 bridgehead atoms. The van der Waals surface area contributed by atoms with E-state index in [1.165, 1.54) is 17.7 Å². The fourth-order valence-corrected chi connectivity index (χ4v) is 4.06. The molecular weight excluding hydrogens is 319 g/mol. The Morgan fingerprint density at radius 3 is 2.64 bits per heavy atom. The molecule has 1 spiro atoms. The van der Waals surface area contributed by atoms with Gasteiger partial charge in [-0.2, -0.15) is 0 Å². The third-order valence-electron chi connectivity index (χ3n) is 5.41. The van der Waals surface area contributed by atoms with Gasteiger partial charge >= 0.3 is 6.03 Å². The molecule has 2 fully saturated rings. The number of amides is 2. The average molecular weight is 348 g/mol. The predicted molar refractivity (Wildman–Crippen MR) is 96.0 cm³/mol. The third-order valence-corrected chi connectivity index (χ3v) is 5.41. The highest BCUT2D eigenvalue weighted by molar-refractivity contribution is 5.74. The van der Waals surface area contributed by atoms with Gasteiger partial charge in [0.05, 0.1) is 5.60 Å². The van der Waals surface area contributed by atoms with E-state index in [0.29, 0.717) is 5.92 Å². The van der Waals surface area contributed by atoms with E-state index in [4.69, 9.17) is 4.74 Å². The molecule has 1 aromatic carbocycles. The van der Waals surface area contributed by atoms with Gasteiger partial charge in [0.25, 0.3) is 0 Å². The molecule has 1 N–H and O–H groups in total. The maximum atomic E-state index is 13.1. The van der Waals surface area contributed by atoms with Gasteiger partial charge in [0, 0.05) is 25.7 Å². The summed E-state index contributed by atoms with van der Waals surface area (Å²) in [6.45, 7) is 6.24. The summed E-state index contributed by atoms with van der Waals surface area (Å²) in [4.78, 5) is 14.1. The topological polar surface area (TPSA) is 41.6 Å². The molecule has 3 rings (SSSR count). The summed E-state index contributed by atoms with van der Waals surface area (Å²) in [6, 6.07) is 7.04. The third kappa shape index (κ3) is 4.72. The number of benzene rings is 1. The first kappa shape index (κ1) is 18.2. The van der Waals surface area contributed by atoms with Crippen LogP contribution in [0.3, 0.4) is 0 Å². The molecule has 2 amide bonds. The first-order valence-electron chi connectivity index (χ1n) is 9.40. The Hall–Kier alpha value is -1.62. The van der Waals surface area contributed by atoms with Crippen molar-refractivity contribution in [2.24, 2.45) is 5.92 Å². The van der Waals surface area contributed by atoms with Gasteiger partial charge in [-0.25, -0.2) is 9.18 Å². The Balaban J connectivity index is 1.54. The van der Waals surface area contributed by atoms with E-state index in [9.17, 15) is 9.18 Å². The fraction of sp³-hybridized carbons (Fsp3) is 0.650. The van der Waals surface area contributed by atoms with E-state index < -0.39 is 0 Å². The number of piperidine rings is 1. The van der Waals surface area contributed by atoms with Crippen molar-refractivity contribution in [1.29, 1.82) is 0 Å². The smallest absolute Gasteiger partial charge is 0.317 e. The Bertz CT molecular complexity index is 580. The van der Waals surface area contributed by atoms with Crippen LogP contribution >= 0.6 is 0 Å². The van der Waals surface area contributed by atoms with Crippen LogP contribution in [0.15, 0.2) is 24.3 Å². The van der Waals surface area contributed by atoms with E-state index in [1.807, 2.05) is 30.9 Å². The summed E-state index contributed by atoms with van der Waals surface area (Å²) in [5, 5.41) is 2.97. The highest BCUT2D eigenvalue weighted by Gasteiger charge is 2.41. The van der Waals surface area contributed by atoms with Crippen molar-refractivity contribution in [3.63, 3.8) is 0 Å². The maximum Gasteiger partial charge on any atom is 0.317 e. The highest BCUT2D eigenvalue weighted by Crippen LogP contribution is 2.38. The SMILES string of the molecule is CC(C)NC(=O)N1CCC2(CC1)CC(Cc1ccc(F)cc1)CCO2. The number of nitrogens with one attached hydrogen (secondary N) is 1. The number of halogens is 1. The number of ether oxygens (including phenoxy) is 1. The minimum atomic E-state index is -0.181. The lowest BCUT2D eigenvalue weighted by Crippen LogP contribution is -2.53. The van der Waals surface area contributed by atoms with Crippen LogP contribution in [0.25, 0.3) is 0 Å². The monoisotopic (exact) mass is 348 g/mol. The van der Waals surface area contributed by atoms with Crippen LogP contribution in [0.1, 0.15) is 45.1 Å². The minimum Gasteiger partial charge on any atom is -0.375 e. The van der Waals surface area contributed by atoms with Gasteiger partial charge in [-0.1, -0.05) is 12.1 Å². The summed E-state index contributed by atoms with van der Waals surface area (Å²) in [5.74, 6) is 0.384. The molecule has 0 aliphatic carbocycles. The highest BCUT2D eigenvalue weighted by atomic mass is 19.1. The second-order valence-electron chi connectivity index (χ2n) is 7.81. The molecule has 2 saturated heterocycles. The number of carbonyl (C=O) groups excluding carboxylic acids is 1. The van der Waals surface area contributed by atoms with Crippen LogP contribution in [0.4, 0.5) is 9.18 Å². The largest absolute Gasteiger partial charge is 0.375 e. The zero-order valence-corrected chi connectivity index (χ0v) is 15.3. The van der Waals surface area contributed by atoms with Crippen LogP contribution in [0.5, 0.6) is 0 Å². The molecule has 5 heteroatoms. The summed E-state index contributed by atoms with van der Waals surface area (Å²) in [6.07, 6.45) is 4.86. The lowest BCUT2D eigenvalue weighted by molar-refractivity contribution is -0.122. The van der Waals surface area contributed by atoms with Gasteiger partial charge in [-0.3, -0.25) is 0 Å². The molecule has 1 aromatic rings. The van der Waals surface area contributed by atoms with Crippen molar-refractivity contribution < 1.29 is 13.9 Å². The Morgan fingerprint density at radius 2 is 2.00 bits per heavy atom. The van der Waals surface area contributed by atoms with Crippen molar-refractivity contribution in [1.82, 2.24) is 10.2 Å². The molecule has 0 saturated carbocycles. The van der Waals surface area contributed by atoms with E-state index >= 15 is 0 Å². The molecule has 2 aliphatic heterocycles. The van der Waals surface area contributed by atoms with Crippen LogP contribution in [0.2, 0.25) is 0 Å². The Labute approximate surface area is 149 Å². The summed E-state index contributed by atoms with van der Waals surface area (Å²) >= 11 is 0. The predicted octanol–water partition coefficient (Wildman–Crippen LogP) is 3.75. The molecule has 1 unspecified atom stereocenters. The van der Waals surface area contributed by atoms with Crippen molar-refractivity contribution in [2.75, 3.05) is 19.7 Å². The Kier molecular flexibility index (Phi) is 5.62. The summed E-state index contributed by atoms with van der Waals surface area (Å²) in [7, 11) is 0. The minimum absolute atomic E-state index is 0.0310. The van der Waals surface area contributed by atoms with Crippen molar-refractivity contribution in [3.8, 4) is 0 Å². The van der Waals surface area contributed by atoms with Crippen LogP contribution in [-0.4, -0.2) is 42.3 Å². The Morgan fingerprint density at radius 1 is 1.32 bits per heavy atom. The van der Waals surface area contributed by atoms with E-state index in [-0.39, 0.29) is 23.5 Å². The van der Waals surface area contributed by atoms with E-state index in [2.05, 4.69) is 5.32 Å². The first-order valence-corrected chi connectivity index (χ1v) is 9.40. The van der Waals surface area contributed by atoms with Crippen LogP contribution < -0.4 is 5.32 Å². The second kappa shape index (κ2) is 7.73. The van der Waals surface area contributed by atoms with Crippen molar-refractivity contribution >= 4 is 6.03 Å². The molecule has 2 aliphatic rings. The van der Waals surface area contributed by atoms with Gasteiger partial charge in [-0.15, -0.1) is 0 Å². The molecule has 0 radical (unpaired) electrons. The molecule has 1 atom stereocenters. The van der Waals surface area contributed by atoms with E-state index in [1.54, 1.807) is 0 Å². The fourth-order valence-electron chi connectivity index (χ4n) is 4.06. The average Bonchev–Trinajstić information content (AvgIpc) is 2.57. The molecule has 4 nitrogen and oxygen atoms in total. The van der Waals surface area contributed by atoms with Gasteiger partial charge in [0.1, 0.15) is 5.82 Å². The number of hydrogen-bond donors (Lipinski definition) is 1. The number of nitrogens with zero attached hydrogens (tertiary/aromatic N) is 1. The summed E-state index contributed by atoms with van der Waals surface area (Å²) in [5.41, 5.74) is 1.11. The van der Waals surface area contributed by atoms with Crippen LogP contribution in [0, 0.1) is 11.7 Å². The number of hydrogen-bond acceptors (Lipinski definition) is 2. The number of rotatable bonds is 3. The summed E-state index contributed by atoms with van der Waals surface area (Å²) < 4.78 is 19.3. The number of carbonyl (C=O) groups is 1. The standard InChI is InChI=1S/C20H29FN2O2/c1-15(2)22-19(24)23-10-8-20(9-11-23)14-17(7-12-25-20)13-16-3-5-18(21)6-4-16/h3-6,15,17H,7-14H2,1-2H3,(H,22,24). The van der Waals surface area contributed by atoms with E-state index in [0.717, 1.165) is 51.8 Å². The molecule has 138 valence electrons. The van der Waals surface area contributed by atoms with Crippen molar-refractivity contribution in [3.05, 3.63) is 35.6 Å². The quantitative estimate of drug-likeness (QED) is 0.904. The molecule has 25 heavy (non-hydrogen) atoms. The van der Waals surface area contributed by atoms with Gasteiger partial charge in [0.2, 0.25) is 0 Å². The van der Waals surface area contributed by atoms with Crippen LogP contribution in [-0.2, 0) is 11.2 Å². The van der Waals surface area contributed by atoms with Gasteiger partial charge < -0.3 is 15.0 Å². The lowest BCUT2D eigenvalue weighted by Gasteiger charge is -2.46. The molecule has 2 heterocycles. The first-order chi connectivity index (χ1) is 12.0. The molecular formula is C20H29FN2O2. The van der Waals surface area contributed by atoms with Gasteiger partial charge in [0.15, 0.2) is 0 Å². The zero-order valence-electron chi connectivity index (χ0n) is 15.3. The normalized spacial score (nSPS) is 23.0. The number of likely N-dealkylation sites (tertiary alicyclic amines) is 1. The van der Waals surface area contributed by atoms with Crippen molar-refractivity contribution in [2.45, 2.75) is 57.6 Å². The second-order valence-corrected chi connectivity index (χ2v) is 7.81. The maximum absolute atomic E-state index is 13.1. The zero-order chi connectivity index (χ0) is 17.9.